The van der Waals surface area contributed by atoms with Crippen molar-refractivity contribution in [3.8, 4) is 0 Å². The van der Waals surface area contributed by atoms with E-state index >= 15 is 0 Å². The van der Waals surface area contributed by atoms with Crippen LogP contribution in [0.5, 0.6) is 0 Å². The standard InChI is InChI=1S/C17H15Cl2F/c18-16-8-7-14(20)10-13(16)9-12-6-5-11-3-1-2-4-15(11)17(12)19/h1-4,7-8,10,12,17H,5-6,9H2. The predicted octanol–water partition coefficient (Wildman–Crippen LogP) is 5.56. The maximum absolute atomic E-state index is 13.3. The molecule has 3 heteroatoms. The fourth-order valence-electron chi connectivity index (χ4n) is 2.96. The summed E-state index contributed by atoms with van der Waals surface area (Å²) in [5.74, 6) is 0.0533. The minimum atomic E-state index is -0.244. The number of alkyl halides is 1. The monoisotopic (exact) mass is 308 g/mol. The first-order chi connectivity index (χ1) is 9.65. The molecule has 3 rings (SSSR count). The van der Waals surface area contributed by atoms with E-state index in [0.29, 0.717) is 10.9 Å². The van der Waals surface area contributed by atoms with Crippen molar-refractivity contribution in [2.75, 3.05) is 0 Å². The SMILES string of the molecule is Fc1ccc(Cl)c(CC2CCc3ccccc3C2Cl)c1. The highest BCUT2D eigenvalue weighted by Crippen LogP contribution is 2.41. The van der Waals surface area contributed by atoms with Gasteiger partial charge >= 0.3 is 0 Å². The lowest BCUT2D eigenvalue weighted by atomic mass is 9.80. The number of aryl methyl sites for hydroxylation is 1. The van der Waals surface area contributed by atoms with Crippen molar-refractivity contribution in [1.29, 1.82) is 0 Å². The number of hydrogen-bond acceptors (Lipinski definition) is 0. The first-order valence-corrected chi connectivity index (χ1v) is 7.62. The molecule has 2 atom stereocenters. The summed E-state index contributed by atoms with van der Waals surface area (Å²) in [5.41, 5.74) is 3.38. The van der Waals surface area contributed by atoms with Crippen molar-refractivity contribution in [2.24, 2.45) is 5.92 Å². The molecule has 104 valence electrons. The topological polar surface area (TPSA) is 0 Å². The van der Waals surface area contributed by atoms with Crippen LogP contribution in [0, 0.1) is 11.7 Å². The molecule has 0 nitrogen and oxygen atoms in total. The molecule has 2 aromatic carbocycles. The highest BCUT2D eigenvalue weighted by atomic mass is 35.5. The smallest absolute Gasteiger partial charge is 0.123 e. The van der Waals surface area contributed by atoms with Gasteiger partial charge in [0.25, 0.3) is 0 Å². The number of fused-ring (bicyclic) bond motifs is 1. The Morgan fingerprint density at radius 3 is 2.80 bits per heavy atom. The molecule has 1 aliphatic rings. The lowest BCUT2D eigenvalue weighted by molar-refractivity contribution is 0.441. The molecule has 0 bridgehead atoms. The molecule has 0 saturated carbocycles. The third kappa shape index (κ3) is 2.70. The van der Waals surface area contributed by atoms with Crippen LogP contribution in [0.1, 0.15) is 28.5 Å². The Balaban J connectivity index is 1.84. The molecule has 0 heterocycles. The molecule has 0 aliphatic heterocycles. The molecule has 0 aromatic heterocycles. The molecular weight excluding hydrogens is 294 g/mol. The summed E-state index contributed by atoms with van der Waals surface area (Å²) >= 11 is 12.8. The second-order valence-corrected chi connectivity index (χ2v) is 6.22. The van der Waals surface area contributed by atoms with Gasteiger partial charge in [0.15, 0.2) is 0 Å². The van der Waals surface area contributed by atoms with Gasteiger partial charge in [0, 0.05) is 5.02 Å². The Morgan fingerprint density at radius 1 is 1.15 bits per heavy atom. The molecule has 2 unspecified atom stereocenters. The van der Waals surface area contributed by atoms with Crippen molar-refractivity contribution in [3.63, 3.8) is 0 Å². The molecule has 0 spiro atoms. The van der Waals surface area contributed by atoms with Crippen molar-refractivity contribution in [1.82, 2.24) is 0 Å². The van der Waals surface area contributed by atoms with E-state index in [0.717, 1.165) is 24.8 Å². The number of hydrogen-bond donors (Lipinski definition) is 0. The zero-order chi connectivity index (χ0) is 14.1. The van der Waals surface area contributed by atoms with Gasteiger partial charge in [0.2, 0.25) is 0 Å². The lowest BCUT2D eigenvalue weighted by Gasteiger charge is -2.30. The average molecular weight is 309 g/mol. The van der Waals surface area contributed by atoms with Gasteiger partial charge in [-0.05, 0) is 60.1 Å². The Kier molecular flexibility index (Phi) is 4.00. The van der Waals surface area contributed by atoms with E-state index in [1.54, 1.807) is 6.07 Å². The minimum Gasteiger partial charge on any atom is -0.207 e. The molecular formula is C17H15Cl2F. The van der Waals surface area contributed by atoms with Crippen LogP contribution in [-0.2, 0) is 12.8 Å². The Morgan fingerprint density at radius 2 is 1.95 bits per heavy atom. The average Bonchev–Trinajstić information content (AvgIpc) is 2.46. The van der Waals surface area contributed by atoms with Crippen LogP contribution in [0.2, 0.25) is 5.02 Å². The van der Waals surface area contributed by atoms with Crippen LogP contribution in [-0.4, -0.2) is 0 Å². The van der Waals surface area contributed by atoms with Gasteiger partial charge < -0.3 is 0 Å². The highest BCUT2D eigenvalue weighted by molar-refractivity contribution is 6.31. The minimum absolute atomic E-state index is 0.0284. The first kappa shape index (κ1) is 13.9. The van der Waals surface area contributed by atoms with Crippen molar-refractivity contribution >= 4 is 23.2 Å². The zero-order valence-corrected chi connectivity index (χ0v) is 12.5. The molecule has 0 N–H and O–H groups in total. The van der Waals surface area contributed by atoms with E-state index in [2.05, 4.69) is 12.1 Å². The summed E-state index contributed by atoms with van der Waals surface area (Å²) < 4.78 is 13.3. The van der Waals surface area contributed by atoms with Crippen LogP contribution in [0.25, 0.3) is 0 Å². The molecule has 0 saturated heterocycles. The number of rotatable bonds is 2. The van der Waals surface area contributed by atoms with Gasteiger partial charge in [0.1, 0.15) is 5.82 Å². The lowest BCUT2D eigenvalue weighted by Crippen LogP contribution is -2.19. The first-order valence-electron chi connectivity index (χ1n) is 6.81. The van der Waals surface area contributed by atoms with E-state index in [4.69, 9.17) is 23.2 Å². The molecule has 2 aromatic rings. The summed E-state index contributed by atoms with van der Waals surface area (Å²) in [6, 6.07) is 12.8. The Hall–Kier alpha value is -1.05. The summed E-state index contributed by atoms with van der Waals surface area (Å²) in [5, 5.41) is 0.591. The van der Waals surface area contributed by atoms with E-state index in [1.165, 1.54) is 23.3 Å². The van der Waals surface area contributed by atoms with Gasteiger partial charge in [-0.15, -0.1) is 11.6 Å². The summed E-state index contributed by atoms with van der Waals surface area (Å²) in [4.78, 5) is 0. The van der Waals surface area contributed by atoms with Gasteiger partial charge in [-0.3, -0.25) is 0 Å². The molecule has 0 radical (unpaired) electrons. The normalized spacial score (nSPS) is 21.6. The van der Waals surface area contributed by atoms with Crippen LogP contribution < -0.4 is 0 Å². The van der Waals surface area contributed by atoms with Crippen molar-refractivity contribution in [3.05, 3.63) is 70.0 Å². The van der Waals surface area contributed by atoms with E-state index in [1.807, 2.05) is 12.1 Å². The van der Waals surface area contributed by atoms with Crippen LogP contribution in [0.3, 0.4) is 0 Å². The fourth-order valence-corrected chi connectivity index (χ4v) is 3.58. The van der Waals surface area contributed by atoms with Crippen LogP contribution in [0.15, 0.2) is 42.5 Å². The largest absolute Gasteiger partial charge is 0.207 e. The fraction of sp³-hybridized carbons (Fsp3) is 0.294. The maximum atomic E-state index is 13.3. The maximum Gasteiger partial charge on any atom is 0.123 e. The molecule has 0 fully saturated rings. The van der Waals surface area contributed by atoms with Gasteiger partial charge in [-0.1, -0.05) is 35.9 Å². The second kappa shape index (κ2) is 5.75. The van der Waals surface area contributed by atoms with Crippen molar-refractivity contribution < 1.29 is 4.39 Å². The second-order valence-electron chi connectivity index (χ2n) is 5.34. The quantitative estimate of drug-likeness (QED) is 0.637. The van der Waals surface area contributed by atoms with Crippen molar-refractivity contribution in [2.45, 2.75) is 24.6 Å². The van der Waals surface area contributed by atoms with E-state index in [-0.39, 0.29) is 11.2 Å². The van der Waals surface area contributed by atoms with E-state index in [9.17, 15) is 4.39 Å². The molecule has 20 heavy (non-hydrogen) atoms. The van der Waals surface area contributed by atoms with Gasteiger partial charge in [0.05, 0.1) is 5.38 Å². The van der Waals surface area contributed by atoms with Crippen LogP contribution >= 0.6 is 23.2 Å². The zero-order valence-electron chi connectivity index (χ0n) is 11.0. The van der Waals surface area contributed by atoms with E-state index < -0.39 is 0 Å². The number of benzene rings is 2. The predicted molar refractivity (Wildman–Crippen MR) is 82.0 cm³/mol. The Bertz CT molecular complexity index is 624. The summed E-state index contributed by atoms with van der Waals surface area (Å²) in [6.07, 6.45) is 2.76. The third-order valence-corrected chi connectivity index (χ3v) is 5.00. The van der Waals surface area contributed by atoms with Gasteiger partial charge in [-0.2, -0.15) is 0 Å². The van der Waals surface area contributed by atoms with Gasteiger partial charge in [-0.25, -0.2) is 4.39 Å². The molecule has 1 aliphatic carbocycles. The summed E-state index contributed by atoms with van der Waals surface area (Å²) in [6.45, 7) is 0. The van der Waals surface area contributed by atoms with Crippen LogP contribution in [0.4, 0.5) is 4.39 Å². The Labute approximate surface area is 128 Å². The third-order valence-electron chi connectivity index (χ3n) is 4.04. The molecule has 0 amide bonds. The number of halogens is 3. The summed E-state index contributed by atoms with van der Waals surface area (Å²) in [7, 11) is 0. The highest BCUT2D eigenvalue weighted by Gasteiger charge is 2.28.